The Morgan fingerprint density at radius 3 is 2.60 bits per heavy atom. The summed E-state index contributed by atoms with van der Waals surface area (Å²) >= 11 is 5.88. The van der Waals surface area contributed by atoms with Crippen molar-refractivity contribution in [1.82, 2.24) is 9.97 Å². The summed E-state index contributed by atoms with van der Waals surface area (Å²) < 4.78 is 5.00. The molecule has 15 heavy (non-hydrogen) atoms. The Morgan fingerprint density at radius 2 is 2.13 bits per heavy atom. The van der Waals surface area contributed by atoms with Gasteiger partial charge in [0.1, 0.15) is 5.15 Å². The average molecular weight is 231 g/mol. The fourth-order valence-electron chi connectivity index (χ4n) is 0.934. The molecule has 7 heteroatoms. The smallest absolute Gasteiger partial charge is 0.229 e. The molecule has 1 rings (SSSR count). The van der Waals surface area contributed by atoms with Gasteiger partial charge < -0.3 is 14.8 Å². The first-order chi connectivity index (χ1) is 7.10. The van der Waals surface area contributed by atoms with Gasteiger partial charge in [0.25, 0.3) is 0 Å². The zero-order valence-corrected chi connectivity index (χ0v) is 9.36. The number of oxime groups is 1. The monoisotopic (exact) mass is 230 g/mol. The standard InChI is InChI=1S/C8H11ClN4O2/c1-13(2)8-11-6(9)5(4-10-14)7(12-8)15-3/h4,14H,1-3H3/b10-4-. The molecular weight excluding hydrogens is 220 g/mol. The van der Waals surface area contributed by atoms with Crippen molar-refractivity contribution in [2.75, 3.05) is 26.1 Å². The minimum Gasteiger partial charge on any atom is -0.480 e. The van der Waals surface area contributed by atoms with Gasteiger partial charge in [0.05, 0.1) is 18.9 Å². The van der Waals surface area contributed by atoms with Crippen LogP contribution in [0.2, 0.25) is 5.15 Å². The van der Waals surface area contributed by atoms with Crippen molar-refractivity contribution < 1.29 is 9.94 Å². The van der Waals surface area contributed by atoms with Gasteiger partial charge in [-0.15, -0.1) is 0 Å². The predicted octanol–water partition coefficient (Wildman–Crippen LogP) is 1.01. The number of methoxy groups -OCH3 is 1. The Labute approximate surface area is 92.2 Å². The lowest BCUT2D eigenvalue weighted by Gasteiger charge is -2.12. The van der Waals surface area contributed by atoms with E-state index in [1.807, 2.05) is 0 Å². The molecule has 1 heterocycles. The highest BCUT2D eigenvalue weighted by Crippen LogP contribution is 2.23. The predicted molar refractivity (Wildman–Crippen MR) is 57.3 cm³/mol. The van der Waals surface area contributed by atoms with Gasteiger partial charge in [-0.25, -0.2) is 4.98 Å². The Morgan fingerprint density at radius 1 is 1.47 bits per heavy atom. The Hall–Kier alpha value is -1.56. The quantitative estimate of drug-likeness (QED) is 0.363. The van der Waals surface area contributed by atoms with E-state index >= 15 is 0 Å². The fraction of sp³-hybridized carbons (Fsp3) is 0.375. The van der Waals surface area contributed by atoms with E-state index in [9.17, 15) is 0 Å². The third-order valence-corrected chi connectivity index (χ3v) is 1.92. The molecule has 0 radical (unpaired) electrons. The highest BCUT2D eigenvalue weighted by molar-refractivity contribution is 6.32. The fourth-order valence-corrected chi connectivity index (χ4v) is 1.14. The molecular formula is C8H11ClN4O2. The van der Waals surface area contributed by atoms with Crippen molar-refractivity contribution in [2.24, 2.45) is 5.16 Å². The lowest BCUT2D eigenvalue weighted by atomic mass is 10.3. The Balaban J connectivity index is 3.30. The number of hydrogen-bond acceptors (Lipinski definition) is 6. The van der Waals surface area contributed by atoms with E-state index in [2.05, 4.69) is 15.1 Å². The van der Waals surface area contributed by atoms with Crippen molar-refractivity contribution in [3.63, 3.8) is 0 Å². The molecule has 1 N–H and O–H groups in total. The van der Waals surface area contributed by atoms with Gasteiger partial charge in [0.15, 0.2) is 0 Å². The molecule has 0 saturated carbocycles. The number of halogens is 1. The molecule has 82 valence electrons. The van der Waals surface area contributed by atoms with E-state index in [4.69, 9.17) is 21.5 Å². The first-order valence-corrected chi connectivity index (χ1v) is 4.44. The van der Waals surface area contributed by atoms with Crippen molar-refractivity contribution >= 4 is 23.8 Å². The van der Waals surface area contributed by atoms with Gasteiger partial charge in [-0.2, -0.15) is 4.98 Å². The second-order valence-corrected chi connectivity index (χ2v) is 3.23. The van der Waals surface area contributed by atoms with E-state index in [0.717, 1.165) is 6.21 Å². The van der Waals surface area contributed by atoms with Crippen LogP contribution in [0.15, 0.2) is 5.16 Å². The van der Waals surface area contributed by atoms with Crippen LogP contribution in [0.25, 0.3) is 0 Å². The van der Waals surface area contributed by atoms with Gasteiger partial charge in [-0.3, -0.25) is 0 Å². The second-order valence-electron chi connectivity index (χ2n) is 2.88. The van der Waals surface area contributed by atoms with Crippen LogP contribution >= 0.6 is 11.6 Å². The number of aromatic nitrogens is 2. The van der Waals surface area contributed by atoms with E-state index in [1.165, 1.54) is 7.11 Å². The summed E-state index contributed by atoms with van der Waals surface area (Å²) in [5.41, 5.74) is 0.340. The van der Waals surface area contributed by atoms with Crippen LogP contribution in [0.1, 0.15) is 5.56 Å². The van der Waals surface area contributed by atoms with Crippen LogP contribution in [0.4, 0.5) is 5.95 Å². The molecule has 6 nitrogen and oxygen atoms in total. The van der Waals surface area contributed by atoms with Crippen LogP contribution in [0.3, 0.4) is 0 Å². The third kappa shape index (κ3) is 2.47. The van der Waals surface area contributed by atoms with Crippen molar-refractivity contribution in [2.45, 2.75) is 0 Å². The third-order valence-electron chi connectivity index (χ3n) is 1.63. The van der Waals surface area contributed by atoms with Gasteiger partial charge in [-0.05, 0) is 0 Å². The normalized spacial score (nSPS) is 10.7. The van der Waals surface area contributed by atoms with Crippen LogP contribution in [-0.4, -0.2) is 42.6 Å². The molecule has 0 unspecified atom stereocenters. The lowest BCUT2D eigenvalue weighted by molar-refractivity contribution is 0.321. The van der Waals surface area contributed by atoms with E-state index < -0.39 is 0 Å². The summed E-state index contributed by atoms with van der Waals surface area (Å²) in [6.45, 7) is 0. The van der Waals surface area contributed by atoms with Crippen LogP contribution in [0.5, 0.6) is 5.88 Å². The minimum absolute atomic E-state index is 0.170. The second kappa shape index (κ2) is 4.79. The van der Waals surface area contributed by atoms with Crippen LogP contribution < -0.4 is 9.64 Å². The summed E-state index contributed by atoms with van der Waals surface area (Å²) in [4.78, 5) is 9.76. The summed E-state index contributed by atoms with van der Waals surface area (Å²) in [6.07, 6.45) is 1.13. The maximum atomic E-state index is 8.43. The molecule has 0 amide bonds. The number of hydrogen-bond donors (Lipinski definition) is 1. The molecule has 0 spiro atoms. The minimum atomic E-state index is 0.170. The maximum Gasteiger partial charge on any atom is 0.229 e. The molecule has 0 aliphatic carbocycles. The largest absolute Gasteiger partial charge is 0.480 e. The van der Waals surface area contributed by atoms with Crippen LogP contribution in [-0.2, 0) is 0 Å². The van der Waals surface area contributed by atoms with Crippen molar-refractivity contribution in [3.8, 4) is 5.88 Å². The van der Waals surface area contributed by atoms with E-state index in [1.54, 1.807) is 19.0 Å². The summed E-state index contributed by atoms with van der Waals surface area (Å²) in [5.74, 6) is 0.684. The molecule has 0 fully saturated rings. The maximum absolute atomic E-state index is 8.43. The number of rotatable bonds is 3. The van der Waals surface area contributed by atoms with Crippen molar-refractivity contribution in [3.05, 3.63) is 10.7 Å². The number of ether oxygens (including phenoxy) is 1. The zero-order chi connectivity index (χ0) is 11.4. The molecule has 1 aromatic heterocycles. The zero-order valence-electron chi connectivity index (χ0n) is 8.60. The summed E-state index contributed by atoms with van der Waals surface area (Å²) in [6, 6.07) is 0. The average Bonchev–Trinajstić information content (AvgIpc) is 2.20. The summed E-state index contributed by atoms with van der Waals surface area (Å²) in [7, 11) is 5.02. The van der Waals surface area contributed by atoms with Gasteiger partial charge in [0, 0.05) is 14.1 Å². The molecule has 0 aliphatic rings. The Bertz CT molecular complexity index is 381. The Kier molecular flexibility index (Phi) is 3.68. The topological polar surface area (TPSA) is 70.8 Å². The molecule has 0 aromatic carbocycles. The first kappa shape index (κ1) is 11.5. The highest BCUT2D eigenvalue weighted by Gasteiger charge is 2.13. The molecule has 0 bridgehead atoms. The number of anilines is 1. The van der Waals surface area contributed by atoms with Crippen LogP contribution in [0, 0.1) is 0 Å². The lowest BCUT2D eigenvalue weighted by Crippen LogP contribution is -2.14. The van der Waals surface area contributed by atoms with E-state index in [0.29, 0.717) is 11.5 Å². The SMILES string of the molecule is COc1nc(N(C)C)nc(Cl)c1/C=N\O. The molecule has 1 aromatic rings. The van der Waals surface area contributed by atoms with Gasteiger partial charge in [-0.1, -0.05) is 16.8 Å². The number of nitrogens with zero attached hydrogens (tertiary/aromatic N) is 4. The van der Waals surface area contributed by atoms with Crippen molar-refractivity contribution in [1.29, 1.82) is 0 Å². The molecule has 0 atom stereocenters. The van der Waals surface area contributed by atoms with Gasteiger partial charge >= 0.3 is 0 Å². The van der Waals surface area contributed by atoms with E-state index in [-0.39, 0.29) is 11.0 Å². The summed E-state index contributed by atoms with van der Waals surface area (Å²) in [5, 5.41) is 11.5. The highest BCUT2D eigenvalue weighted by atomic mass is 35.5. The molecule has 0 saturated heterocycles. The molecule has 0 aliphatic heterocycles. The first-order valence-electron chi connectivity index (χ1n) is 4.06. The van der Waals surface area contributed by atoms with Gasteiger partial charge in [0.2, 0.25) is 11.8 Å².